The number of imidazole rings is 1. The first-order valence-corrected chi connectivity index (χ1v) is 7.31. The zero-order chi connectivity index (χ0) is 15.5. The fourth-order valence-corrected chi connectivity index (χ4v) is 2.60. The van der Waals surface area contributed by atoms with Crippen molar-refractivity contribution in [3.05, 3.63) is 24.0 Å². The maximum absolute atomic E-state index is 12.6. The molecule has 118 valence electrons. The minimum atomic E-state index is -2.64. The first-order chi connectivity index (χ1) is 10.6. The number of alkyl halides is 2. The molecule has 2 N–H and O–H groups in total. The molecule has 3 rings (SSSR count). The number of ether oxygens (including phenoxy) is 1. The minimum Gasteiger partial charge on any atom is -0.378 e. The van der Waals surface area contributed by atoms with Crippen LogP contribution in [0.5, 0.6) is 0 Å². The van der Waals surface area contributed by atoms with Crippen molar-refractivity contribution in [3.8, 4) is 0 Å². The summed E-state index contributed by atoms with van der Waals surface area (Å²) in [6.45, 7) is 0.773. The van der Waals surface area contributed by atoms with E-state index in [2.05, 4.69) is 15.3 Å². The molecular weight excluding hydrogens is 292 g/mol. The van der Waals surface area contributed by atoms with E-state index in [0.29, 0.717) is 29.6 Å². The van der Waals surface area contributed by atoms with Crippen LogP contribution in [0.4, 0.5) is 14.5 Å². The van der Waals surface area contributed by atoms with Gasteiger partial charge in [0.15, 0.2) is 5.82 Å². The Hall–Kier alpha value is -2.02. The summed E-state index contributed by atoms with van der Waals surface area (Å²) in [5.74, 6) is -0.472. The normalized spacial score (nSPS) is 18.2. The number of fused-ring (bicyclic) bond motifs is 1. The van der Waals surface area contributed by atoms with E-state index in [4.69, 9.17) is 4.74 Å². The number of H-pyrrole nitrogens is 1. The van der Waals surface area contributed by atoms with Crippen LogP contribution in [-0.2, 0) is 9.53 Å². The Morgan fingerprint density at radius 3 is 3.09 bits per heavy atom. The van der Waals surface area contributed by atoms with Crippen LogP contribution in [0, 0.1) is 0 Å². The van der Waals surface area contributed by atoms with Crippen molar-refractivity contribution < 1.29 is 18.3 Å². The smallest absolute Gasteiger partial charge is 0.295 e. The van der Waals surface area contributed by atoms with Crippen molar-refractivity contribution in [2.75, 3.05) is 11.9 Å². The Bertz CT molecular complexity index is 666. The third kappa shape index (κ3) is 3.41. The fraction of sp³-hybridized carbons (Fsp3) is 0.467. The van der Waals surface area contributed by atoms with Crippen molar-refractivity contribution in [1.29, 1.82) is 0 Å². The summed E-state index contributed by atoms with van der Waals surface area (Å²) in [7, 11) is 0. The Morgan fingerprint density at radius 2 is 2.36 bits per heavy atom. The minimum absolute atomic E-state index is 0.108. The number of halogens is 2. The third-order valence-electron chi connectivity index (χ3n) is 3.71. The molecule has 1 aromatic heterocycles. The zero-order valence-corrected chi connectivity index (χ0v) is 11.9. The van der Waals surface area contributed by atoms with Gasteiger partial charge in [-0.25, -0.2) is 13.8 Å². The molecule has 1 fully saturated rings. The zero-order valence-electron chi connectivity index (χ0n) is 11.9. The maximum Gasteiger partial charge on any atom is 0.295 e. The van der Waals surface area contributed by atoms with Gasteiger partial charge in [0.05, 0.1) is 17.1 Å². The van der Waals surface area contributed by atoms with Gasteiger partial charge in [-0.15, -0.1) is 0 Å². The highest BCUT2D eigenvalue weighted by molar-refractivity contribution is 5.93. The molecule has 0 bridgehead atoms. The lowest BCUT2D eigenvalue weighted by Gasteiger charge is -2.09. The van der Waals surface area contributed by atoms with Crippen LogP contribution in [0.15, 0.2) is 18.2 Å². The van der Waals surface area contributed by atoms with Gasteiger partial charge in [0, 0.05) is 18.7 Å². The first kappa shape index (κ1) is 14.9. The van der Waals surface area contributed by atoms with Gasteiger partial charge in [0.2, 0.25) is 5.91 Å². The van der Waals surface area contributed by atoms with Gasteiger partial charge in [-0.2, -0.15) is 0 Å². The van der Waals surface area contributed by atoms with Gasteiger partial charge in [0.1, 0.15) is 0 Å². The van der Waals surface area contributed by atoms with Crippen molar-refractivity contribution >= 4 is 22.6 Å². The number of rotatable bonds is 5. The molecule has 5 nitrogen and oxygen atoms in total. The van der Waals surface area contributed by atoms with Gasteiger partial charge in [-0.1, -0.05) is 0 Å². The van der Waals surface area contributed by atoms with E-state index in [1.165, 1.54) is 0 Å². The van der Waals surface area contributed by atoms with Crippen LogP contribution < -0.4 is 5.32 Å². The van der Waals surface area contributed by atoms with Crippen molar-refractivity contribution in [1.82, 2.24) is 9.97 Å². The second-order valence-corrected chi connectivity index (χ2v) is 5.38. The van der Waals surface area contributed by atoms with Crippen LogP contribution in [0.2, 0.25) is 0 Å². The third-order valence-corrected chi connectivity index (χ3v) is 3.71. The molecule has 0 radical (unpaired) electrons. The van der Waals surface area contributed by atoms with Crippen molar-refractivity contribution in [2.24, 2.45) is 0 Å². The molecule has 7 heteroatoms. The molecule has 0 unspecified atom stereocenters. The van der Waals surface area contributed by atoms with Crippen LogP contribution in [0.3, 0.4) is 0 Å². The number of amides is 1. The fourth-order valence-electron chi connectivity index (χ4n) is 2.60. The number of nitrogens with zero attached hydrogens (tertiary/aromatic N) is 1. The Kier molecular flexibility index (Phi) is 4.33. The topological polar surface area (TPSA) is 67.0 Å². The molecule has 0 saturated carbocycles. The number of aromatic amines is 1. The summed E-state index contributed by atoms with van der Waals surface area (Å²) in [4.78, 5) is 18.2. The number of hydrogen-bond donors (Lipinski definition) is 2. The van der Waals surface area contributed by atoms with Crippen molar-refractivity contribution in [3.63, 3.8) is 0 Å². The number of nitrogens with one attached hydrogen (secondary N) is 2. The van der Waals surface area contributed by atoms with E-state index in [-0.39, 0.29) is 17.8 Å². The molecule has 0 spiro atoms. The highest BCUT2D eigenvalue weighted by Gasteiger charge is 2.17. The summed E-state index contributed by atoms with van der Waals surface area (Å²) in [6.07, 6.45) is 0.673. The maximum atomic E-state index is 12.6. The average Bonchev–Trinajstić information content (AvgIpc) is 3.14. The summed E-state index contributed by atoms with van der Waals surface area (Å²) < 4.78 is 30.6. The molecule has 1 saturated heterocycles. The number of benzene rings is 1. The Labute approximate surface area is 126 Å². The van der Waals surface area contributed by atoms with Crippen LogP contribution in [-0.4, -0.2) is 28.6 Å². The molecule has 1 amide bonds. The highest BCUT2D eigenvalue weighted by atomic mass is 19.3. The van der Waals surface area contributed by atoms with E-state index >= 15 is 0 Å². The van der Waals surface area contributed by atoms with Gasteiger partial charge >= 0.3 is 0 Å². The lowest BCUT2D eigenvalue weighted by molar-refractivity contribution is -0.116. The summed E-state index contributed by atoms with van der Waals surface area (Å²) >= 11 is 0. The number of carbonyl (C=O) groups excluding carboxylic acids is 1. The number of aromatic nitrogens is 2. The molecule has 1 aliphatic rings. The predicted octanol–water partition coefficient (Wildman–Crippen LogP) is 3.40. The van der Waals surface area contributed by atoms with E-state index in [0.717, 1.165) is 19.4 Å². The largest absolute Gasteiger partial charge is 0.378 e. The monoisotopic (exact) mass is 309 g/mol. The highest BCUT2D eigenvalue weighted by Crippen LogP contribution is 2.23. The van der Waals surface area contributed by atoms with Gasteiger partial charge in [-0.3, -0.25) is 4.79 Å². The van der Waals surface area contributed by atoms with Crippen molar-refractivity contribution in [2.45, 2.75) is 38.2 Å². The van der Waals surface area contributed by atoms with E-state index in [1.807, 2.05) is 0 Å². The van der Waals surface area contributed by atoms with Crippen LogP contribution in [0.25, 0.3) is 11.0 Å². The molecule has 0 aliphatic carbocycles. The Balaban J connectivity index is 1.61. The molecule has 22 heavy (non-hydrogen) atoms. The standard InChI is InChI=1S/C15H17F2N3O2/c16-14(17)15-19-11-5-3-9(8-12(11)20-15)18-13(21)6-4-10-2-1-7-22-10/h3,5,8,10,14H,1-2,4,6-7H2,(H,18,21)(H,19,20)/t10-/m0/s1. The number of anilines is 1. The molecule has 1 aromatic carbocycles. The van der Waals surface area contributed by atoms with Gasteiger partial charge in [-0.05, 0) is 37.5 Å². The van der Waals surface area contributed by atoms with Gasteiger partial charge in [0.25, 0.3) is 6.43 Å². The summed E-state index contributed by atoms with van der Waals surface area (Å²) in [5, 5.41) is 2.77. The van der Waals surface area contributed by atoms with E-state index in [9.17, 15) is 13.6 Å². The second-order valence-electron chi connectivity index (χ2n) is 5.38. The molecule has 1 aliphatic heterocycles. The summed E-state index contributed by atoms with van der Waals surface area (Å²) in [5.41, 5.74) is 1.49. The lowest BCUT2D eigenvalue weighted by atomic mass is 10.1. The van der Waals surface area contributed by atoms with E-state index < -0.39 is 6.43 Å². The summed E-state index contributed by atoms with van der Waals surface area (Å²) in [6, 6.07) is 4.87. The van der Waals surface area contributed by atoms with Crippen LogP contribution >= 0.6 is 0 Å². The Morgan fingerprint density at radius 1 is 1.50 bits per heavy atom. The van der Waals surface area contributed by atoms with Gasteiger partial charge < -0.3 is 15.0 Å². The number of carbonyl (C=O) groups is 1. The molecular formula is C15H17F2N3O2. The first-order valence-electron chi connectivity index (χ1n) is 7.31. The molecule has 2 heterocycles. The SMILES string of the molecule is O=C(CC[C@@H]1CCCO1)Nc1ccc2nc(C(F)F)[nH]c2c1. The predicted molar refractivity (Wildman–Crippen MR) is 77.9 cm³/mol. The lowest BCUT2D eigenvalue weighted by Crippen LogP contribution is -2.15. The second kappa shape index (κ2) is 6.39. The van der Waals surface area contributed by atoms with E-state index in [1.54, 1.807) is 18.2 Å². The van der Waals surface area contributed by atoms with Crippen LogP contribution in [0.1, 0.15) is 37.9 Å². The quantitative estimate of drug-likeness (QED) is 0.889. The molecule has 2 aromatic rings. The number of hydrogen-bond acceptors (Lipinski definition) is 3. The molecule has 1 atom stereocenters. The average molecular weight is 309 g/mol.